The van der Waals surface area contributed by atoms with Crippen LogP contribution in [0.2, 0.25) is 0 Å². The topological polar surface area (TPSA) is 59.3 Å². The van der Waals surface area contributed by atoms with Gasteiger partial charge in [-0.25, -0.2) is 4.79 Å². The molecule has 0 amide bonds. The van der Waals surface area contributed by atoms with Crippen molar-refractivity contribution < 1.29 is 14.3 Å². The van der Waals surface area contributed by atoms with Crippen LogP contribution in [0.25, 0.3) is 0 Å². The minimum atomic E-state index is -0.448. The zero-order chi connectivity index (χ0) is 12.8. The molecule has 90 valence electrons. The molecule has 0 unspecified atom stereocenters. The van der Waals surface area contributed by atoms with Crippen molar-refractivity contribution in [1.29, 1.82) is 5.26 Å². The summed E-state index contributed by atoms with van der Waals surface area (Å²) in [5, 5.41) is 9.45. The summed E-state index contributed by atoms with van der Waals surface area (Å²) in [6.07, 6.45) is 0. The van der Waals surface area contributed by atoms with Crippen molar-refractivity contribution >= 4 is 21.9 Å². The van der Waals surface area contributed by atoms with Gasteiger partial charge in [0.15, 0.2) is 0 Å². The monoisotopic (exact) mass is 297 g/mol. The van der Waals surface area contributed by atoms with E-state index in [2.05, 4.69) is 22.0 Å². The molecule has 0 saturated carbocycles. The molecule has 0 aromatic heterocycles. The zero-order valence-electron chi connectivity index (χ0n) is 9.62. The number of nitrogens with zero attached hydrogens (tertiary/aromatic N) is 1. The van der Waals surface area contributed by atoms with Crippen LogP contribution in [0.3, 0.4) is 0 Å². The van der Waals surface area contributed by atoms with E-state index >= 15 is 0 Å². The number of alkyl halides is 1. The summed E-state index contributed by atoms with van der Waals surface area (Å²) in [4.78, 5) is 11.7. The fraction of sp³-hybridized carbons (Fsp3) is 0.333. The molecule has 0 atom stereocenters. The smallest absolute Gasteiger partial charge is 0.341 e. The lowest BCUT2D eigenvalue weighted by Gasteiger charge is -2.10. The van der Waals surface area contributed by atoms with Gasteiger partial charge < -0.3 is 9.47 Å². The van der Waals surface area contributed by atoms with Crippen LogP contribution < -0.4 is 4.74 Å². The van der Waals surface area contributed by atoms with Crippen molar-refractivity contribution in [1.82, 2.24) is 0 Å². The van der Waals surface area contributed by atoms with Gasteiger partial charge >= 0.3 is 5.97 Å². The number of carbonyl (C=O) groups excluding carboxylic acids is 1. The summed E-state index contributed by atoms with van der Waals surface area (Å²) in [6.45, 7) is 2.03. The third-order valence-electron chi connectivity index (χ3n) is 2.19. The predicted molar refractivity (Wildman–Crippen MR) is 66.3 cm³/mol. The first-order chi connectivity index (χ1) is 8.17. The van der Waals surface area contributed by atoms with Crippen LogP contribution in [0.15, 0.2) is 12.1 Å². The fourth-order valence-corrected chi connectivity index (χ4v) is 1.84. The van der Waals surface area contributed by atoms with Crippen molar-refractivity contribution in [2.24, 2.45) is 0 Å². The Morgan fingerprint density at radius 3 is 2.71 bits per heavy atom. The van der Waals surface area contributed by atoms with Gasteiger partial charge in [0.1, 0.15) is 11.3 Å². The number of methoxy groups -OCH3 is 1. The third-order valence-corrected chi connectivity index (χ3v) is 2.79. The summed E-state index contributed by atoms with van der Waals surface area (Å²) in [5.41, 5.74) is 1.55. The molecule has 1 aromatic rings. The highest BCUT2D eigenvalue weighted by Crippen LogP contribution is 2.25. The number of hydrogen-bond donors (Lipinski definition) is 0. The number of ether oxygens (including phenoxy) is 2. The van der Waals surface area contributed by atoms with Gasteiger partial charge in [-0.15, -0.1) is 0 Å². The lowest BCUT2D eigenvalue weighted by Crippen LogP contribution is -2.08. The standard InChI is InChI=1S/C12H12BrNO3/c1-3-17-12(15)10-4-8(6-13)9(7-14)5-11(10)16-2/h4-5H,3,6H2,1-2H3. The second-order valence-corrected chi connectivity index (χ2v) is 3.74. The van der Waals surface area contributed by atoms with E-state index in [9.17, 15) is 4.79 Å². The third kappa shape index (κ3) is 2.98. The van der Waals surface area contributed by atoms with Crippen LogP contribution in [-0.4, -0.2) is 19.7 Å². The van der Waals surface area contributed by atoms with Crippen LogP contribution in [0, 0.1) is 11.3 Å². The van der Waals surface area contributed by atoms with Gasteiger partial charge in [0.25, 0.3) is 0 Å². The van der Waals surface area contributed by atoms with E-state index in [1.807, 2.05) is 0 Å². The van der Waals surface area contributed by atoms with E-state index in [0.717, 1.165) is 5.56 Å². The maximum absolute atomic E-state index is 11.7. The fourth-order valence-electron chi connectivity index (χ4n) is 1.38. The lowest BCUT2D eigenvalue weighted by molar-refractivity contribution is 0.0522. The van der Waals surface area contributed by atoms with Crippen LogP contribution in [0.4, 0.5) is 0 Å². The van der Waals surface area contributed by atoms with E-state index < -0.39 is 5.97 Å². The molecule has 0 aliphatic carbocycles. The molecular formula is C12H12BrNO3. The first-order valence-electron chi connectivity index (χ1n) is 5.02. The highest BCUT2D eigenvalue weighted by Gasteiger charge is 2.16. The first kappa shape index (κ1) is 13.5. The number of rotatable bonds is 4. The van der Waals surface area contributed by atoms with Crippen molar-refractivity contribution in [3.63, 3.8) is 0 Å². The molecule has 0 spiro atoms. The largest absolute Gasteiger partial charge is 0.496 e. The zero-order valence-corrected chi connectivity index (χ0v) is 11.2. The summed E-state index contributed by atoms with van der Waals surface area (Å²) < 4.78 is 10.0. The lowest BCUT2D eigenvalue weighted by atomic mass is 10.0. The molecule has 0 aliphatic heterocycles. The average molecular weight is 298 g/mol. The minimum absolute atomic E-state index is 0.297. The molecule has 1 aromatic carbocycles. The average Bonchev–Trinajstić information content (AvgIpc) is 2.37. The maximum atomic E-state index is 11.7. The van der Waals surface area contributed by atoms with E-state index in [-0.39, 0.29) is 0 Å². The van der Waals surface area contributed by atoms with Crippen LogP contribution in [0.1, 0.15) is 28.4 Å². The van der Waals surface area contributed by atoms with Crippen molar-refractivity contribution in [2.75, 3.05) is 13.7 Å². The Morgan fingerprint density at radius 1 is 1.53 bits per heavy atom. The van der Waals surface area contributed by atoms with Crippen LogP contribution in [0.5, 0.6) is 5.75 Å². The number of benzene rings is 1. The van der Waals surface area contributed by atoms with Gasteiger partial charge in [-0.05, 0) is 24.6 Å². The van der Waals surface area contributed by atoms with Gasteiger partial charge in [0, 0.05) is 5.33 Å². The molecule has 1 rings (SSSR count). The Balaban J connectivity index is 3.29. The number of halogens is 1. The highest BCUT2D eigenvalue weighted by molar-refractivity contribution is 9.08. The molecule has 4 nitrogen and oxygen atoms in total. The molecule has 0 fully saturated rings. The molecule has 0 aliphatic rings. The Bertz CT molecular complexity index is 466. The molecule has 0 N–H and O–H groups in total. The number of carbonyl (C=O) groups is 1. The Kier molecular flexibility index (Phi) is 4.98. The van der Waals surface area contributed by atoms with Crippen molar-refractivity contribution in [2.45, 2.75) is 12.3 Å². The van der Waals surface area contributed by atoms with Gasteiger partial charge in [0.05, 0.1) is 25.3 Å². The van der Waals surface area contributed by atoms with Crippen LogP contribution in [-0.2, 0) is 10.1 Å². The van der Waals surface area contributed by atoms with E-state index in [1.165, 1.54) is 7.11 Å². The quantitative estimate of drug-likeness (QED) is 0.633. The van der Waals surface area contributed by atoms with Gasteiger partial charge in [-0.2, -0.15) is 5.26 Å². The minimum Gasteiger partial charge on any atom is -0.496 e. The SMILES string of the molecule is CCOC(=O)c1cc(CBr)c(C#N)cc1OC. The second kappa shape index (κ2) is 6.26. The van der Waals surface area contributed by atoms with Crippen molar-refractivity contribution in [3.8, 4) is 11.8 Å². The Hall–Kier alpha value is -1.54. The number of esters is 1. The van der Waals surface area contributed by atoms with Gasteiger partial charge in [-0.3, -0.25) is 0 Å². The summed E-state index contributed by atoms with van der Waals surface area (Å²) in [7, 11) is 1.45. The molecule has 5 heteroatoms. The van der Waals surface area contributed by atoms with E-state index in [1.54, 1.807) is 19.1 Å². The first-order valence-corrected chi connectivity index (χ1v) is 6.14. The van der Waals surface area contributed by atoms with E-state index in [4.69, 9.17) is 14.7 Å². The van der Waals surface area contributed by atoms with Gasteiger partial charge in [-0.1, -0.05) is 15.9 Å². The molecule has 0 radical (unpaired) electrons. The Labute approximate surface area is 108 Å². The highest BCUT2D eigenvalue weighted by atomic mass is 79.9. The van der Waals surface area contributed by atoms with Crippen molar-refractivity contribution in [3.05, 3.63) is 28.8 Å². The second-order valence-electron chi connectivity index (χ2n) is 3.18. The molecular weight excluding hydrogens is 286 g/mol. The molecule has 0 heterocycles. The number of nitriles is 1. The maximum Gasteiger partial charge on any atom is 0.341 e. The van der Waals surface area contributed by atoms with E-state index in [0.29, 0.717) is 28.8 Å². The number of hydrogen-bond acceptors (Lipinski definition) is 4. The molecule has 0 bridgehead atoms. The summed E-state index contributed by atoms with van der Waals surface area (Å²) in [5.74, 6) is -0.0965. The summed E-state index contributed by atoms with van der Waals surface area (Å²) in [6, 6.07) is 5.22. The molecule has 17 heavy (non-hydrogen) atoms. The van der Waals surface area contributed by atoms with Crippen LogP contribution >= 0.6 is 15.9 Å². The van der Waals surface area contributed by atoms with Gasteiger partial charge in [0.2, 0.25) is 0 Å². The molecule has 0 saturated heterocycles. The Morgan fingerprint density at radius 2 is 2.24 bits per heavy atom. The summed E-state index contributed by atoms with van der Waals surface area (Å²) >= 11 is 3.27. The predicted octanol–water partition coefficient (Wildman–Crippen LogP) is 2.64. The normalized spacial score (nSPS) is 9.53.